The van der Waals surface area contributed by atoms with Gasteiger partial charge in [-0.3, -0.25) is 0 Å². The summed E-state index contributed by atoms with van der Waals surface area (Å²) in [4.78, 5) is 0. The van der Waals surface area contributed by atoms with E-state index >= 15 is 0 Å². The highest BCUT2D eigenvalue weighted by Gasteiger charge is 2.42. The molecule has 0 spiro atoms. The number of aliphatic hydroxyl groups is 1. The molecule has 1 aliphatic rings. The summed E-state index contributed by atoms with van der Waals surface area (Å²) >= 11 is 0. The van der Waals surface area contributed by atoms with E-state index in [0.29, 0.717) is 0 Å². The lowest BCUT2D eigenvalue weighted by Gasteiger charge is -2.45. The molecule has 134 valence electrons. The predicted octanol–water partition coefficient (Wildman–Crippen LogP) is 3.36. The lowest BCUT2D eigenvalue weighted by atomic mass is 9.85. The van der Waals surface area contributed by atoms with E-state index in [1.54, 1.807) is 0 Å². The first-order valence-corrected chi connectivity index (χ1v) is 9.22. The highest BCUT2D eigenvalue weighted by molar-refractivity contribution is 5.17. The first-order valence-electron chi connectivity index (χ1n) is 9.22. The van der Waals surface area contributed by atoms with Crippen LogP contribution in [0.15, 0.2) is 60.7 Å². The lowest BCUT2D eigenvalue weighted by Crippen LogP contribution is -2.59. The molecule has 3 heteroatoms. The van der Waals surface area contributed by atoms with Gasteiger partial charge in [0.05, 0.1) is 17.8 Å². The standard InChI is InChI=1S/C22H29NO2/c1-22(2)21(24)20(23-14-13-17-9-5-3-6-10-17)16-19(25-22)15-18-11-7-4-8-12-18/h3-12,19-21,23-24H,13-16H2,1-2H3. The van der Waals surface area contributed by atoms with Crippen LogP contribution in [0.5, 0.6) is 0 Å². The van der Waals surface area contributed by atoms with Gasteiger partial charge in [-0.15, -0.1) is 0 Å². The normalized spacial score (nSPS) is 25.6. The van der Waals surface area contributed by atoms with E-state index in [1.807, 2.05) is 26.0 Å². The van der Waals surface area contributed by atoms with Crippen molar-refractivity contribution in [2.75, 3.05) is 6.54 Å². The van der Waals surface area contributed by atoms with E-state index < -0.39 is 11.7 Å². The van der Waals surface area contributed by atoms with E-state index in [4.69, 9.17) is 4.74 Å². The second kappa shape index (κ2) is 8.13. The minimum atomic E-state index is -0.540. The Morgan fingerprint density at radius 1 is 1.00 bits per heavy atom. The SMILES string of the molecule is CC1(C)OC(Cc2ccccc2)CC(NCCc2ccccc2)C1O. The van der Waals surface area contributed by atoms with Crippen molar-refractivity contribution in [1.29, 1.82) is 0 Å². The van der Waals surface area contributed by atoms with Crippen molar-refractivity contribution in [3.63, 3.8) is 0 Å². The van der Waals surface area contributed by atoms with Gasteiger partial charge in [-0.25, -0.2) is 0 Å². The van der Waals surface area contributed by atoms with Crippen LogP contribution >= 0.6 is 0 Å². The number of rotatable bonds is 6. The molecule has 0 radical (unpaired) electrons. The molecule has 2 aromatic rings. The number of ether oxygens (including phenoxy) is 1. The molecule has 3 rings (SSSR count). The monoisotopic (exact) mass is 339 g/mol. The summed E-state index contributed by atoms with van der Waals surface area (Å²) in [5.74, 6) is 0. The van der Waals surface area contributed by atoms with Crippen molar-refractivity contribution in [3.05, 3.63) is 71.8 Å². The van der Waals surface area contributed by atoms with Gasteiger partial charge in [0.2, 0.25) is 0 Å². The molecule has 1 saturated heterocycles. The highest BCUT2D eigenvalue weighted by Crippen LogP contribution is 2.30. The molecule has 0 bridgehead atoms. The Labute approximate surface area is 151 Å². The second-order valence-electron chi connectivity index (χ2n) is 7.51. The van der Waals surface area contributed by atoms with Crippen LogP contribution in [0.2, 0.25) is 0 Å². The van der Waals surface area contributed by atoms with Crippen molar-refractivity contribution in [1.82, 2.24) is 5.32 Å². The first kappa shape index (κ1) is 18.1. The predicted molar refractivity (Wildman–Crippen MR) is 102 cm³/mol. The smallest absolute Gasteiger partial charge is 0.0977 e. The zero-order valence-corrected chi connectivity index (χ0v) is 15.2. The summed E-state index contributed by atoms with van der Waals surface area (Å²) in [6.07, 6.45) is 2.29. The Kier molecular flexibility index (Phi) is 5.89. The fraction of sp³-hybridized carbons (Fsp3) is 0.455. The number of hydrogen-bond acceptors (Lipinski definition) is 3. The van der Waals surface area contributed by atoms with Crippen LogP contribution in [-0.4, -0.2) is 35.5 Å². The maximum atomic E-state index is 10.7. The van der Waals surface area contributed by atoms with Crippen molar-refractivity contribution in [2.24, 2.45) is 0 Å². The quantitative estimate of drug-likeness (QED) is 0.848. The van der Waals surface area contributed by atoms with Crippen LogP contribution in [0.25, 0.3) is 0 Å². The number of nitrogens with one attached hydrogen (secondary N) is 1. The van der Waals surface area contributed by atoms with E-state index in [9.17, 15) is 5.11 Å². The maximum absolute atomic E-state index is 10.7. The van der Waals surface area contributed by atoms with E-state index in [0.717, 1.165) is 25.8 Å². The van der Waals surface area contributed by atoms with Crippen LogP contribution in [0, 0.1) is 0 Å². The molecule has 3 unspecified atom stereocenters. The second-order valence-corrected chi connectivity index (χ2v) is 7.51. The summed E-state index contributed by atoms with van der Waals surface area (Å²) < 4.78 is 6.19. The lowest BCUT2D eigenvalue weighted by molar-refractivity contribution is -0.181. The van der Waals surface area contributed by atoms with Crippen LogP contribution in [0.4, 0.5) is 0 Å². The van der Waals surface area contributed by atoms with Crippen LogP contribution in [0.3, 0.4) is 0 Å². The summed E-state index contributed by atoms with van der Waals surface area (Å²) in [7, 11) is 0. The molecular formula is C22H29NO2. The Hall–Kier alpha value is -1.68. The fourth-order valence-corrected chi connectivity index (χ4v) is 3.69. The minimum absolute atomic E-state index is 0.0566. The number of hydrogen-bond donors (Lipinski definition) is 2. The average molecular weight is 339 g/mol. The fourth-order valence-electron chi connectivity index (χ4n) is 3.69. The Balaban J connectivity index is 1.59. The molecule has 25 heavy (non-hydrogen) atoms. The molecular weight excluding hydrogens is 310 g/mol. The van der Waals surface area contributed by atoms with Gasteiger partial charge >= 0.3 is 0 Å². The summed E-state index contributed by atoms with van der Waals surface area (Å²) in [5, 5.41) is 14.3. The molecule has 2 aromatic carbocycles. The molecule has 0 saturated carbocycles. The van der Waals surface area contributed by atoms with Crippen molar-refractivity contribution >= 4 is 0 Å². The van der Waals surface area contributed by atoms with Gasteiger partial charge in [-0.05, 0) is 50.8 Å². The summed E-state index contributed by atoms with van der Waals surface area (Å²) in [6.45, 7) is 4.83. The molecule has 3 atom stereocenters. The summed E-state index contributed by atoms with van der Waals surface area (Å²) in [5.41, 5.74) is 2.06. The highest BCUT2D eigenvalue weighted by atomic mass is 16.5. The number of aliphatic hydroxyl groups excluding tert-OH is 1. The molecule has 1 aliphatic heterocycles. The van der Waals surface area contributed by atoms with Gasteiger partial charge < -0.3 is 15.2 Å². The third-order valence-electron chi connectivity index (χ3n) is 5.05. The van der Waals surface area contributed by atoms with Crippen LogP contribution < -0.4 is 5.32 Å². The maximum Gasteiger partial charge on any atom is 0.0977 e. The van der Waals surface area contributed by atoms with Gasteiger partial charge in [-0.2, -0.15) is 0 Å². The topological polar surface area (TPSA) is 41.5 Å². The van der Waals surface area contributed by atoms with E-state index in [1.165, 1.54) is 11.1 Å². The van der Waals surface area contributed by atoms with Gasteiger partial charge in [0, 0.05) is 6.04 Å². The van der Waals surface area contributed by atoms with Crippen molar-refractivity contribution in [2.45, 2.75) is 57.0 Å². The molecule has 2 N–H and O–H groups in total. The largest absolute Gasteiger partial charge is 0.389 e. The van der Waals surface area contributed by atoms with Crippen molar-refractivity contribution < 1.29 is 9.84 Å². The van der Waals surface area contributed by atoms with Crippen LogP contribution in [-0.2, 0) is 17.6 Å². The first-order chi connectivity index (χ1) is 12.0. The molecule has 0 amide bonds. The summed E-state index contributed by atoms with van der Waals surface area (Å²) in [6, 6.07) is 21.0. The van der Waals surface area contributed by atoms with Gasteiger partial charge in [-0.1, -0.05) is 60.7 Å². The zero-order valence-electron chi connectivity index (χ0n) is 15.2. The van der Waals surface area contributed by atoms with Gasteiger partial charge in [0.25, 0.3) is 0 Å². The Morgan fingerprint density at radius 2 is 1.60 bits per heavy atom. The van der Waals surface area contributed by atoms with E-state index in [2.05, 4.69) is 53.8 Å². The Morgan fingerprint density at radius 3 is 2.24 bits per heavy atom. The van der Waals surface area contributed by atoms with Gasteiger partial charge in [0.1, 0.15) is 0 Å². The third kappa shape index (κ3) is 4.91. The Bertz CT molecular complexity index is 642. The van der Waals surface area contributed by atoms with Gasteiger partial charge in [0.15, 0.2) is 0 Å². The van der Waals surface area contributed by atoms with E-state index in [-0.39, 0.29) is 12.1 Å². The minimum Gasteiger partial charge on any atom is -0.389 e. The molecule has 1 heterocycles. The molecule has 3 nitrogen and oxygen atoms in total. The number of benzene rings is 2. The average Bonchev–Trinajstić information content (AvgIpc) is 2.60. The molecule has 0 aliphatic carbocycles. The third-order valence-corrected chi connectivity index (χ3v) is 5.05. The molecule has 0 aromatic heterocycles. The van der Waals surface area contributed by atoms with Crippen LogP contribution in [0.1, 0.15) is 31.4 Å². The zero-order chi connectivity index (χ0) is 17.7. The van der Waals surface area contributed by atoms with Crippen molar-refractivity contribution in [3.8, 4) is 0 Å². The molecule has 1 fully saturated rings.